The van der Waals surface area contributed by atoms with E-state index in [2.05, 4.69) is 15.8 Å². The molecule has 1 aromatic heterocycles. The Labute approximate surface area is 130 Å². The highest BCUT2D eigenvalue weighted by molar-refractivity contribution is 5.92. The maximum atomic E-state index is 11.8. The molecule has 0 spiro atoms. The number of carbonyl (C=O) groups is 1. The largest absolute Gasteiger partial charge is 0.350 e. The van der Waals surface area contributed by atoms with Crippen molar-refractivity contribution < 1.29 is 9.32 Å². The fraction of sp³-hybridized carbons (Fsp3) is 0.333. The normalized spacial score (nSPS) is 10.0. The standard InChI is InChI=1S/C15H19N3O2.ClH/c1-11-4-6-12(7-5-11)13-10-14(20-18-13)15(19)17-9-3-8-16-2;/h4-7,10,16H,3,8-9H2,1-2H3,(H,17,19);1H. The van der Waals surface area contributed by atoms with Crippen LogP contribution in [0.15, 0.2) is 34.9 Å². The van der Waals surface area contributed by atoms with Crippen molar-refractivity contribution in [2.45, 2.75) is 13.3 Å². The smallest absolute Gasteiger partial charge is 0.289 e. The van der Waals surface area contributed by atoms with E-state index in [1.54, 1.807) is 6.07 Å². The molecular formula is C15H20ClN3O2. The molecule has 2 rings (SSSR count). The molecule has 0 bridgehead atoms. The Balaban J connectivity index is 0.00000220. The summed E-state index contributed by atoms with van der Waals surface area (Å²) >= 11 is 0. The zero-order valence-electron chi connectivity index (χ0n) is 12.2. The predicted octanol–water partition coefficient (Wildman–Crippen LogP) is 2.41. The van der Waals surface area contributed by atoms with Crippen LogP contribution in [0.1, 0.15) is 22.5 Å². The predicted molar refractivity (Wildman–Crippen MR) is 84.8 cm³/mol. The summed E-state index contributed by atoms with van der Waals surface area (Å²) in [7, 11) is 1.88. The van der Waals surface area contributed by atoms with E-state index in [1.165, 1.54) is 5.56 Å². The molecule has 0 fully saturated rings. The van der Waals surface area contributed by atoms with Crippen molar-refractivity contribution in [3.05, 3.63) is 41.7 Å². The molecule has 2 N–H and O–H groups in total. The van der Waals surface area contributed by atoms with Gasteiger partial charge in [0.2, 0.25) is 5.76 Å². The molecule has 1 aromatic carbocycles. The molecule has 0 aliphatic carbocycles. The van der Waals surface area contributed by atoms with Crippen LogP contribution in [0.4, 0.5) is 0 Å². The van der Waals surface area contributed by atoms with Crippen LogP contribution in [0.2, 0.25) is 0 Å². The first-order valence-electron chi connectivity index (χ1n) is 6.67. The van der Waals surface area contributed by atoms with Crippen LogP contribution in [-0.2, 0) is 0 Å². The second kappa shape index (κ2) is 8.44. The SMILES string of the molecule is CNCCCNC(=O)c1cc(-c2ccc(C)cc2)no1.Cl. The molecule has 0 atom stereocenters. The van der Waals surface area contributed by atoms with Crippen LogP contribution in [0.5, 0.6) is 0 Å². The quantitative estimate of drug-likeness (QED) is 0.804. The van der Waals surface area contributed by atoms with Crippen molar-refractivity contribution in [2.24, 2.45) is 0 Å². The zero-order valence-corrected chi connectivity index (χ0v) is 13.0. The van der Waals surface area contributed by atoms with Gasteiger partial charge in [-0.15, -0.1) is 12.4 Å². The highest BCUT2D eigenvalue weighted by atomic mass is 35.5. The topological polar surface area (TPSA) is 67.2 Å². The van der Waals surface area contributed by atoms with Crippen molar-refractivity contribution in [2.75, 3.05) is 20.1 Å². The van der Waals surface area contributed by atoms with E-state index >= 15 is 0 Å². The summed E-state index contributed by atoms with van der Waals surface area (Å²) in [6.07, 6.45) is 0.876. The highest BCUT2D eigenvalue weighted by Gasteiger charge is 2.13. The van der Waals surface area contributed by atoms with Gasteiger partial charge < -0.3 is 15.2 Å². The summed E-state index contributed by atoms with van der Waals surface area (Å²) in [5, 5.41) is 9.75. The second-order valence-electron chi connectivity index (χ2n) is 4.66. The molecule has 6 heteroatoms. The van der Waals surface area contributed by atoms with Gasteiger partial charge in [0.15, 0.2) is 0 Å². The molecule has 2 aromatic rings. The first kappa shape index (κ1) is 17.2. The number of hydrogen-bond donors (Lipinski definition) is 2. The maximum Gasteiger partial charge on any atom is 0.289 e. The molecule has 0 saturated carbocycles. The fourth-order valence-corrected chi connectivity index (χ4v) is 1.80. The van der Waals surface area contributed by atoms with Crippen LogP contribution in [0, 0.1) is 6.92 Å². The zero-order chi connectivity index (χ0) is 14.4. The van der Waals surface area contributed by atoms with Gasteiger partial charge in [-0.1, -0.05) is 35.0 Å². The van der Waals surface area contributed by atoms with Crippen LogP contribution < -0.4 is 10.6 Å². The van der Waals surface area contributed by atoms with Gasteiger partial charge >= 0.3 is 0 Å². The number of aromatic nitrogens is 1. The van der Waals surface area contributed by atoms with Gasteiger partial charge in [0.1, 0.15) is 5.69 Å². The third kappa shape index (κ3) is 4.88. The van der Waals surface area contributed by atoms with Gasteiger partial charge in [-0.3, -0.25) is 4.79 Å². The van der Waals surface area contributed by atoms with Crippen LogP contribution in [0.25, 0.3) is 11.3 Å². The molecule has 114 valence electrons. The molecule has 1 heterocycles. The molecule has 5 nitrogen and oxygen atoms in total. The van der Waals surface area contributed by atoms with E-state index in [-0.39, 0.29) is 24.1 Å². The molecule has 0 aliphatic rings. The Bertz CT molecular complexity index is 567. The molecule has 21 heavy (non-hydrogen) atoms. The minimum atomic E-state index is -0.230. The van der Waals surface area contributed by atoms with E-state index in [1.807, 2.05) is 38.2 Å². The summed E-state index contributed by atoms with van der Waals surface area (Å²) in [5.41, 5.74) is 2.79. The maximum absolute atomic E-state index is 11.8. The van der Waals surface area contributed by atoms with E-state index in [9.17, 15) is 4.79 Å². The van der Waals surface area contributed by atoms with Gasteiger partial charge in [-0.2, -0.15) is 0 Å². The number of nitrogens with one attached hydrogen (secondary N) is 2. The molecule has 0 aliphatic heterocycles. The number of halogens is 1. The third-order valence-corrected chi connectivity index (χ3v) is 2.97. The first-order valence-corrected chi connectivity index (χ1v) is 6.67. The Hall–Kier alpha value is -1.85. The summed E-state index contributed by atoms with van der Waals surface area (Å²) in [6, 6.07) is 9.59. The fourth-order valence-electron chi connectivity index (χ4n) is 1.80. The molecule has 0 unspecified atom stereocenters. The lowest BCUT2D eigenvalue weighted by atomic mass is 10.1. The van der Waals surface area contributed by atoms with Gasteiger partial charge in [0, 0.05) is 18.2 Å². The number of nitrogens with zero attached hydrogens (tertiary/aromatic N) is 1. The van der Waals surface area contributed by atoms with Crippen molar-refractivity contribution in [3.63, 3.8) is 0 Å². The lowest BCUT2D eigenvalue weighted by molar-refractivity contribution is 0.0916. The number of benzene rings is 1. The Kier molecular flexibility index (Phi) is 6.91. The number of aryl methyl sites for hydroxylation is 1. The van der Waals surface area contributed by atoms with Gasteiger partial charge in [-0.05, 0) is 26.9 Å². The Morgan fingerprint density at radius 3 is 2.62 bits per heavy atom. The second-order valence-corrected chi connectivity index (χ2v) is 4.66. The summed E-state index contributed by atoms with van der Waals surface area (Å²) < 4.78 is 5.09. The highest BCUT2D eigenvalue weighted by Crippen LogP contribution is 2.19. The van der Waals surface area contributed by atoms with Crippen molar-refractivity contribution >= 4 is 18.3 Å². The Morgan fingerprint density at radius 2 is 1.95 bits per heavy atom. The molecular weight excluding hydrogens is 290 g/mol. The van der Waals surface area contributed by atoms with Gasteiger partial charge in [0.05, 0.1) is 0 Å². The average Bonchev–Trinajstić information content (AvgIpc) is 2.94. The Morgan fingerprint density at radius 1 is 1.24 bits per heavy atom. The van der Waals surface area contributed by atoms with Crippen molar-refractivity contribution in [1.82, 2.24) is 15.8 Å². The van der Waals surface area contributed by atoms with Crippen LogP contribution >= 0.6 is 12.4 Å². The van der Waals surface area contributed by atoms with Gasteiger partial charge in [0.25, 0.3) is 5.91 Å². The van der Waals surface area contributed by atoms with E-state index in [4.69, 9.17) is 4.52 Å². The lowest BCUT2D eigenvalue weighted by Gasteiger charge is -2.01. The minimum absolute atomic E-state index is 0. The summed E-state index contributed by atoms with van der Waals surface area (Å²) in [4.78, 5) is 11.8. The first-order chi connectivity index (χ1) is 9.70. The third-order valence-electron chi connectivity index (χ3n) is 2.97. The number of amides is 1. The number of rotatable bonds is 6. The average molecular weight is 310 g/mol. The summed E-state index contributed by atoms with van der Waals surface area (Å²) in [5.74, 6) is 0.0111. The van der Waals surface area contributed by atoms with Crippen LogP contribution in [-0.4, -0.2) is 31.2 Å². The monoisotopic (exact) mass is 309 g/mol. The summed E-state index contributed by atoms with van der Waals surface area (Å²) in [6.45, 7) is 3.50. The van der Waals surface area contributed by atoms with E-state index < -0.39 is 0 Å². The molecule has 1 amide bonds. The molecule has 0 saturated heterocycles. The lowest BCUT2D eigenvalue weighted by Crippen LogP contribution is -2.26. The number of carbonyl (C=O) groups excluding carboxylic acids is 1. The van der Waals surface area contributed by atoms with Crippen molar-refractivity contribution in [3.8, 4) is 11.3 Å². The van der Waals surface area contributed by atoms with E-state index in [0.29, 0.717) is 12.2 Å². The van der Waals surface area contributed by atoms with E-state index in [0.717, 1.165) is 18.5 Å². The van der Waals surface area contributed by atoms with Gasteiger partial charge in [-0.25, -0.2) is 0 Å². The minimum Gasteiger partial charge on any atom is -0.350 e. The van der Waals surface area contributed by atoms with Crippen LogP contribution in [0.3, 0.4) is 0 Å². The number of hydrogen-bond acceptors (Lipinski definition) is 4. The van der Waals surface area contributed by atoms with Crippen molar-refractivity contribution in [1.29, 1.82) is 0 Å². The molecule has 0 radical (unpaired) electrons.